The monoisotopic (exact) mass is 372 g/mol. The first-order valence-electron chi connectivity index (χ1n) is 10.3. The molecule has 148 valence electrons. The van der Waals surface area contributed by atoms with E-state index in [0.29, 0.717) is 36.8 Å². The van der Waals surface area contributed by atoms with Gasteiger partial charge in [0, 0.05) is 13.1 Å². The molecule has 5 heteroatoms. The fourth-order valence-electron chi connectivity index (χ4n) is 3.67. The van der Waals surface area contributed by atoms with Gasteiger partial charge in [-0.3, -0.25) is 4.79 Å². The summed E-state index contributed by atoms with van der Waals surface area (Å²) in [5, 5.41) is 4.41. The zero-order valence-electron chi connectivity index (χ0n) is 16.8. The van der Waals surface area contributed by atoms with Crippen molar-refractivity contribution in [3.05, 3.63) is 30.0 Å². The van der Waals surface area contributed by atoms with Crippen molar-refractivity contribution in [3.8, 4) is 5.75 Å². The normalized spacial score (nSPS) is 19.8. The molecule has 3 rings (SSSR count). The van der Waals surface area contributed by atoms with Gasteiger partial charge in [-0.2, -0.15) is 0 Å². The molecule has 1 aliphatic heterocycles. The van der Waals surface area contributed by atoms with Crippen LogP contribution in [0.15, 0.2) is 28.7 Å². The predicted molar refractivity (Wildman–Crippen MR) is 108 cm³/mol. The summed E-state index contributed by atoms with van der Waals surface area (Å²) >= 11 is 0. The molecule has 0 aliphatic carbocycles. The lowest BCUT2D eigenvalue weighted by Gasteiger charge is -2.39. The van der Waals surface area contributed by atoms with Crippen molar-refractivity contribution in [2.24, 2.45) is 0 Å². The fraction of sp³-hybridized carbons (Fsp3) is 0.591. The third-order valence-electron chi connectivity index (χ3n) is 5.37. The Morgan fingerprint density at radius 1 is 1.15 bits per heavy atom. The second kappa shape index (κ2) is 8.79. The molecule has 1 N–H and O–H groups in total. The Bertz CT molecular complexity index is 770. The minimum atomic E-state index is -0.402. The number of fused-ring (bicyclic) bond motifs is 3. The van der Waals surface area contributed by atoms with E-state index in [-0.39, 0.29) is 5.91 Å². The van der Waals surface area contributed by atoms with Crippen molar-refractivity contribution in [1.29, 1.82) is 0 Å². The molecule has 0 saturated carbocycles. The quantitative estimate of drug-likeness (QED) is 0.653. The molecule has 1 atom stereocenters. The van der Waals surface area contributed by atoms with Crippen LogP contribution in [0.1, 0.15) is 63.4 Å². The molecule has 2 heterocycles. The number of unbranched alkanes of at least 4 members (excludes halogenated alkanes) is 3. The average Bonchev–Trinajstić information content (AvgIpc) is 3.01. The van der Waals surface area contributed by atoms with E-state index in [1.807, 2.05) is 29.2 Å². The molecule has 0 fully saturated rings. The maximum absolute atomic E-state index is 13.4. The number of hydrogen-bond acceptors (Lipinski definition) is 4. The summed E-state index contributed by atoms with van der Waals surface area (Å²) in [5.41, 5.74) is 0.300. The summed E-state index contributed by atoms with van der Waals surface area (Å²) in [6.45, 7) is 9.31. The van der Waals surface area contributed by atoms with E-state index in [2.05, 4.69) is 26.1 Å². The summed E-state index contributed by atoms with van der Waals surface area (Å²) in [7, 11) is 0. The van der Waals surface area contributed by atoms with Crippen molar-refractivity contribution in [2.45, 2.75) is 58.4 Å². The smallest absolute Gasteiger partial charge is 0.294 e. The molecule has 1 aromatic carbocycles. The first kappa shape index (κ1) is 19.7. The van der Waals surface area contributed by atoms with Crippen molar-refractivity contribution in [3.63, 3.8) is 0 Å². The molecule has 0 spiro atoms. The Morgan fingerprint density at radius 2 is 1.93 bits per heavy atom. The van der Waals surface area contributed by atoms with Crippen LogP contribution in [-0.4, -0.2) is 42.6 Å². The first-order chi connectivity index (χ1) is 13.1. The number of carbonyl (C=O) groups is 1. The minimum Gasteiger partial charge on any atom is -0.486 e. The van der Waals surface area contributed by atoms with Crippen LogP contribution in [0, 0.1) is 0 Å². The number of carbonyl (C=O) groups excluding carboxylic acids is 1. The molecule has 27 heavy (non-hydrogen) atoms. The van der Waals surface area contributed by atoms with Gasteiger partial charge in [-0.15, -0.1) is 0 Å². The number of hydrogen-bond donors (Lipinski definition) is 1. The van der Waals surface area contributed by atoms with Gasteiger partial charge in [0.2, 0.25) is 5.76 Å². The molecule has 1 aliphatic rings. The van der Waals surface area contributed by atoms with Crippen LogP contribution in [0.25, 0.3) is 11.0 Å². The molecule has 5 nitrogen and oxygen atoms in total. The number of nitrogens with one attached hydrogen (secondary N) is 1. The Morgan fingerprint density at radius 3 is 2.70 bits per heavy atom. The van der Waals surface area contributed by atoms with E-state index < -0.39 is 5.54 Å². The van der Waals surface area contributed by atoms with Crippen LogP contribution in [0.4, 0.5) is 0 Å². The lowest BCUT2D eigenvalue weighted by Crippen LogP contribution is -2.58. The van der Waals surface area contributed by atoms with E-state index in [1.54, 1.807) is 0 Å². The molecule has 1 unspecified atom stereocenters. The zero-order chi connectivity index (χ0) is 19.3. The maximum atomic E-state index is 13.4. The van der Waals surface area contributed by atoms with Crippen LogP contribution in [0.2, 0.25) is 0 Å². The third kappa shape index (κ3) is 4.13. The van der Waals surface area contributed by atoms with E-state index in [1.165, 1.54) is 12.8 Å². The topological polar surface area (TPSA) is 54.7 Å². The van der Waals surface area contributed by atoms with Gasteiger partial charge in [0.05, 0.1) is 10.9 Å². The summed E-state index contributed by atoms with van der Waals surface area (Å²) in [6.07, 6.45) is 5.58. The van der Waals surface area contributed by atoms with Gasteiger partial charge in [0.1, 0.15) is 12.2 Å². The highest BCUT2D eigenvalue weighted by Gasteiger charge is 2.42. The highest BCUT2D eigenvalue weighted by atomic mass is 16.5. The second-order valence-electron chi connectivity index (χ2n) is 7.74. The Hall–Kier alpha value is -2.01. The summed E-state index contributed by atoms with van der Waals surface area (Å²) < 4.78 is 12.1. The maximum Gasteiger partial charge on any atom is 0.294 e. The van der Waals surface area contributed by atoms with Crippen molar-refractivity contribution < 1.29 is 13.9 Å². The molecule has 0 saturated heterocycles. The number of amides is 1. The first-order valence-corrected chi connectivity index (χ1v) is 10.3. The molecular formula is C22H32N2O3. The van der Waals surface area contributed by atoms with Crippen LogP contribution in [-0.2, 0) is 0 Å². The summed E-state index contributed by atoms with van der Waals surface area (Å²) in [6, 6.07) is 7.69. The fourth-order valence-corrected chi connectivity index (χ4v) is 3.67. The number of furan rings is 1. The Labute approximate surface area is 162 Å². The van der Waals surface area contributed by atoms with Gasteiger partial charge in [0.25, 0.3) is 5.91 Å². The number of benzene rings is 1. The van der Waals surface area contributed by atoms with Crippen molar-refractivity contribution in [1.82, 2.24) is 10.2 Å². The van der Waals surface area contributed by atoms with Crippen LogP contribution in [0.3, 0.4) is 0 Å². The number of para-hydroxylation sites is 1. The van der Waals surface area contributed by atoms with Gasteiger partial charge in [-0.05, 0) is 38.4 Å². The molecule has 0 bridgehead atoms. The average molecular weight is 373 g/mol. The zero-order valence-corrected chi connectivity index (χ0v) is 16.8. The van der Waals surface area contributed by atoms with E-state index >= 15 is 0 Å². The highest BCUT2D eigenvalue weighted by Crippen LogP contribution is 2.38. The lowest BCUT2D eigenvalue weighted by atomic mass is 9.99. The summed E-state index contributed by atoms with van der Waals surface area (Å²) in [4.78, 5) is 15.3. The minimum absolute atomic E-state index is 0.0648. The van der Waals surface area contributed by atoms with Gasteiger partial charge in [0.15, 0.2) is 5.75 Å². The van der Waals surface area contributed by atoms with Gasteiger partial charge in [-0.1, -0.05) is 45.2 Å². The highest BCUT2D eigenvalue weighted by molar-refractivity contribution is 6.02. The molecular weight excluding hydrogens is 340 g/mol. The standard InChI is InChI=1S/C22H32N2O3/c1-4-6-10-13-23-15-22(3)16-26-19-17-11-8-9-12-18(17)27-20(19)21(25)24(22)14-7-5-2/h8-9,11-12,23H,4-7,10,13-16H2,1-3H3. The van der Waals surface area contributed by atoms with Crippen molar-refractivity contribution in [2.75, 3.05) is 26.2 Å². The van der Waals surface area contributed by atoms with Gasteiger partial charge < -0.3 is 19.4 Å². The van der Waals surface area contributed by atoms with Gasteiger partial charge in [-0.25, -0.2) is 0 Å². The Kier molecular flexibility index (Phi) is 6.42. The molecule has 1 amide bonds. The summed E-state index contributed by atoms with van der Waals surface area (Å²) in [5.74, 6) is 0.860. The van der Waals surface area contributed by atoms with Gasteiger partial charge >= 0.3 is 0 Å². The van der Waals surface area contributed by atoms with E-state index in [9.17, 15) is 4.79 Å². The largest absolute Gasteiger partial charge is 0.486 e. The molecule has 1 aromatic heterocycles. The number of nitrogens with zero attached hydrogens (tertiary/aromatic N) is 1. The number of ether oxygens (including phenoxy) is 1. The van der Waals surface area contributed by atoms with E-state index in [0.717, 1.165) is 31.2 Å². The Balaban J connectivity index is 1.85. The number of rotatable bonds is 9. The van der Waals surface area contributed by atoms with Crippen LogP contribution < -0.4 is 10.1 Å². The van der Waals surface area contributed by atoms with Crippen LogP contribution in [0.5, 0.6) is 5.75 Å². The molecule has 0 radical (unpaired) electrons. The SMILES string of the molecule is CCCCCNCC1(C)COc2c(oc3ccccc23)C(=O)N1CCCC. The predicted octanol–water partition coefficient (Wildman–Crippen LogP) is 4.61. The second-order valence-corrected chi connectivity index (χ2v) is 7.74. The van der Waals surface area contributed by atoms with E-state index in [4.69, 9.17) is 9.15 Å². The lowest BCUT2D eigenvalue weighted by molar-refractivity contribution is 0.0394. The van der Waals surface area contributed by atoms with Crippen LogP contribution >= 0.6 is 0 Å². The third-order valence-corrected chi connectivity index (χ3v) is 5.37. The molecule has 2 aromatic rings. The van der Waals surface area contributed by atoms with Crippen molar-refractivity contribution >= 4 is 16.9 Å².